The Morgan fingerprint density at radius 2 is 1.77 bits per heavy atom. The number of carbonyl (C=O) groups excluding carboxylic acids is 2. The highest BCUT2D eigenvalue weighted by Gasteiger charge is 2.23. The number of nitrogens with zero attached hydrogens (tertiary/aromatic N) is 2. The molecule has 0 unspecified atom stereocenters. The molecule has 4 rings (SSSR count). The highest BCUT2D eigenvalue weighted by atomic mass is 16.5. The van der Waals surface area contributed by atoms with Gasteiger partial charge in [-0.2, -0.15) is 5.10 Å². The van der Waals surface area contributed by atoms with E-state index in [-0.39, 0.29) is 12.5 Å². The Balaban J connectivity index is 1.47. The number of nitrogens with one attached hydrogen (secondary N) is 1. The molecule has 1 aliphatic rings. The first-order chi connectivity index (χ1) is 14.7. The molecule has 2 aromatic carbocycles. The van der Waals surface area contributed by atoms with Crippen molar-refractivity contribution in [3.63, 3.8) is 0 Å². The third kappa shape index (κ3) is 5.23. The number of hydrogen-bond donors (Lipinski definition) is 1. The van der Waals surface area contributed by atoms with Gasteiger partial charge in [-0.3, -0.25) is 9.59 Å². The van der Waals surface area contributed by atoms with Gasteiger partial charge in [0.2, 0.25) is 5.91 Å². The molecule has 6 heteroatoms. The molecule has 1 fully saturated rings. The molecule has 6 nitrogen and oxygen atoms in total. The summed E-state index contributed by atoms with van der Waals surface area (Å²) >= 11 is 0. The summed E-state index contributed by atoms with van der Waals surface area (Å²) in [4.78, 5) is 23.8. The summed E-state index contributed by atoms with van der Waals surface area (Å²) in [6.45, 7) is 0.314. The zero-order valence-electron chi connectivity index (χ0n) is 16.5. The molecular formula is C24H23N3O3. The van der Waals surface area contributed by atoms with Crippen molar-refractivity contribution in [2.45, 2.75) is 12.8 Å². The maximum atomic E-state index is 12.2. The SMILES string of the molecule is O=C(/C=C/c1cn(-c2ccccc2)nc1-c1ccccc1)NCC(=O)OCC1CC1. The summed E-state index contributed by atoms with van der Waals surface area (Å²) in [7, 11) is 0. The fourth-order valence-electron chi connectivity index (χ4n) is 2.97. The van der Waals surface area contributed by atoms with Gasteiger partial charge in [0.15, 0.2) is 0 Å². The van der Waals surface area contributed by atoms with Crippen LogP contribution in [0.4, 0.5) is 0 Å². The lowest BCUT2D eigenvalue weighted by Gasteiger charge is -2.03. The predicted molar refractivity (Wildman–Crippen MR) is 115 cm³/mol. The molecule has 1 saturated carbocycles. The number of ether oxygens (including phenoxy) is 1. The molecule has 0 atom stereocenters. The van der Waals surface area contributed by atoms with Crippen LogP contribution in [0, 0.1) is 5.92 Å². The van der Waals surface area contributed by atoms with Crippen LogP contribution in [0.25, 0.3) is 23.0 Å². The minimum Gasteiger partial charge on any atom is -0.464 e. The molecule has 1 aromatic heterocycles. The van der Waals surface area contributed by atoms with E-state index in [0.29, 0.717) is 12.5 Å². The van der Waals surface area contributed by atoms with Gasteiger partial charge in [-0.15, -0.1) is 0 Å². The lowest BCUT2D eigenvalue weighted by molar-refractivity contribution is -0.144. The Labute approximate surface area is 175 Å². The monoisotopic (exact) mass is 401 g/mol. The van der Waals surface area contributed by atoms with Gasteiger partial charge in [0.1, 0.15) is 6.54 Å². The number of amides is 1. The first-order valence-corrected chi connectivity index (χ1v) is 10.0. The number of benzene rings is 2. The number of esters is 1. The molecule has 30 heavy (non-hydrogen) atoms. The summed E-state index contributed by atoms with van der Waals surface area (Å²) < 4.78 is 6.90. The molecule has 0 spiro atoms. The second-order valence-corrected chi connectivity index (χ2v) is 7.26. The van der Waals surface area contributed by atoms with E-state index in [1.165, 1.54) is 6.08 Å². The quantitative estimate of drug-likeness (QED) is 0.462. The highest BCUT2D eigenvalue weighted by Crippen LogP contribution is 2.28. The van der Waals surface area contributed by atoms with Gasteiger partial charge in [-0.25, -0.2) is 4.68 Å². The standard InChI is InChI=1S/C24H23N3O3/c28-22(25-15-23(29)30-17-18-11-12-18)14-13-20-16-27(21-9-5-2-6-10-21)26-24(20)19-7-3-1-4-8-19/h1-10,13-14,16,18H,11-12,15,17H2,(H,25,28)/b14-13+. The van der Waals surface area contributed by atoms with Crippen molar-refractivity contribution in [2.75, 3.05) is 13.2 Å². The fourth-order valence-corrected chi connectivity index (χ4v) is 2.97. The molecule has 0 radical (unpaired) electrons. The van der Waals surface area contributed by atoms with Gasteiger partial charge in [0.05, 0.1) is 18.0 Å². The summed E-state index contributed by atoms with van der Waals surface area (Å²) in [6.07, 6.45) is 7.23. The molecule has 0 aliphatic heterocycles. The van der Waals surface area contributed by atoms with Gasteiger partial charge in [0, 0.05) is 23.4 Å². The Kier molecular flexibility index (Phi) is 6.03. The topological polar surface area (TPSA) is 73.2 Å². The molecule has 0 saturated heterocycles. The van der Waals surface area contributed by atoms with E-state index in [2.05, 4.69) is 5.32 Å². The molecule has 1 aliphatic carbocycles. The maximum Gasteiger partial charge on any atom is 0.325 e. The Hall–Kier alpha value is -3.67. The minimum atomic E-state index is -0.412. The zero-order valence-corrected chi connectivity index (χ0v) is 16.5. The van der Waals surface area contributed by atoms with Crippen molar-refractivity contribution in [1.29, 1.82) is 0 Å². The van der Waals surface area contributed by atoms with Gasteiger partial charge in [-0.05, 0) is 37.0 Å². The second kappa shape index (κ2) is 9.22. The first kappa shape index (κ1) is 19.6. The normalized spacial score (nSPS) is 13.3. The zero-order chi connectivity index (χ0) is 20.8. The summed E-state index contributed by atoms with van der Waals surface area (Å²) in [5.41, 5.74) is 3.46. The van der Waals surface area contributed by atoms with Crippen molar-refractivity contribution in [3.05, 3.63) is 78.5 Å². The van der Waals surface area contributed by atoms with Gasteiger partial charge < -0.3 is 10.1 Å². The van der Waals surface area contributed by atoms with Crippen LogP contribution >= 0.6 is 0 Å². The van der Waals surface area contributed by atoms with E-state index in [0.717, 1.165) is 35.3 Å². The van der Waals surface area contributed by atoms with Crippen molar-refractivity contribution < 1.29 is 14.3 Å². The third-order valence-corrected chi connectivity index (χ3v) is 4.81. The Bertz CT molecular complexity index is 1040. The predicted octanol–water partition coefficient (Wildman–Crippen LogP) is 3.62. The average molecular weight is 401 g/mol. The van der Waals surface area contributed by atoms with Gasteiger partial charge >= 0.3 is 5.97 Å². The summed E-state index contributed by atoms with van der Waals surface area (Å²) in [5, 5.41) is 7.28. The highest BCUT2D eigenvalue weighted by molar-refractivity contribution is 5.94. The van der Waals surface area contributed by atoms with Crippen LogP contribution < -0.4 is 5.32 Å². The Morgan fingerprint density at radius 1 is 1.07 bits per heavy atom. The number of carbonyl (C=O) groups is 2. The van der Waals surface area contributed by atoms with E-state index >= 15 is 0 Å². The van der Waals surface area contributed by atoms with Crippen LogP contribution in [-0.2, 0) is 14.3 Å². The fraction of sp³-hybridized carbons (Fsp3) is 0.208. The molecule has 1 heterocycles. The second-order valence-electron chi connectivity index (χ2n) is 7.26. The number of hydrogen-bond acceptors (Lipinski definition) is 4. The molecule has 152 valence electrons. The smallest absolute Gasteiger partial charge is 0.325 e. The van der Waals surface area contributed by atoms with E-state index in [1.807, 2.05) is 66.9 Å². The van der Waals surface area contributed by atoms with Crippen LogP contribution in [0.3, 0.4) is 0 Å². The van der Waals surface area contributed by atoms with Crippen LogP contribution in [-0.4, -0.2) is 34.8 Å². The minimum absolute atomic E-state index is 0.134. The lowest BCUT2D eigenvalue weighted by Crippen LogP contribution is -2.29. The molecule has 1 N–H and O–H groups in total. The van der Waals surface area contributed by atoms with E-state index in [4.69, 9.17) is 9.84 Å². The summed E-state index contributed by atoms with van der Waals surface area (Å²) in [5.74, 6) is -0.266. The van der Waals surface area contributed by atoms with Crippen LogP contribution in [0.2, 0.25) is 0 Å². The van der Waals surface area contributed by atoms with Crippen molar-refractivity contribution in [3.8, 4) is 16.9 Å². The van der Waals surface area contributed by atoms with Crippen molar-refractivity contribution in [1.82, 2.24) is 15.1 Å². The molecule has 1 amide bonds. The lowest BCUT2D eigenvalue weighted by atomic mass is 10.1. The van der Waals surface area contributed by atoms with E-state index in [1.54, 1.807) is 10.8 Å². The molecule has 0 bridgehead atoms. The largest absolute Gasteiger partial charge is 0.464 e. The van der Waals surface area contributed by atoms with E-state index in [9.17, 15) is 9.59 Å². The third-order valence-electron chi connectivity index (χ3n) is 4.81. The molecular weight excluding hydrogens is 378 g/mol. The number of rotatable bonds is 8. The Morgan fingerprint density at radius 3 is 2.47 bits per heavy atom. The van der Waals surface area contributed by atoms with Crippen LogP contribution in [0.1, 0.15) is 18.4 Å². The van der Waals surface area contributed by atoms with Crippen LogP contribution in [0.15, 0.2) is 72.9 Å². The van der Waals surface area contributed by atoms with Gasteiger partial charge in [0.25, 0.3) is 0 Å². The first-order valence-electron chi connectivity index (χ1n) is 10.0. The van der Waals surface area contributed by atoms with Gasteiger partial charge in [-0.1, -0.05) is 48.5 Å². The van der Waals surface area contributed by atoms with Crippen LogP contribution in [0.5, 0.6) is 0 Å². The van der Waals surface area contributed by atoms with Crippen molar-refractivity contribution >= 4 is 18.0 Å². The maximum absolute atomic E-state index is 12.2. The summed E-state index contributed by atoms with van der Waals surface area (Å²) in [6, 6.07) is 19.6. The van der Waals surface area contributed by atoms with E-state index < -0.39 is 5.97 Å². The molecule has 3 aromatic rings. The number of para-hydroxylation sites is 1. The average Bonchev–Trinajstić information content (AvgIpc) is 3.53. The van der Waals surface area contributed by atoms with Crippen molar-refractivity contribution in [2.24, 2.45) is 5.92 Å². The number of aromatic nitrogens is 2.